The number of hydrogen-bond donors (Lipinski definition) is 0. The van der Waals surface area contributed by atoms with Gasteiger partial charge in [-0.25, -0.2) is 9.97 Å². The number of hydrogen-bond acceptors (Lipinski definition) is 7. The lowest BCUT2D eigenvalue weighted by Gasteiger charge is -2.27. The second-order valence-electron chi connectivity index (χ2n) is 5.68. The van der Waals surface area contributed by atoms with Crippen LogP contribution >= 0.6 is 0 Å². The fourth-order valence-corrected chi connectivity index (χ4v) is 2.82. The van der Waals surface area contributed by atoms with Crippen LogP contribution < -0.4 is 0 Å². The Kier molecular flexibility index (Phi) is 4.17. The van der Waals surface area contributed by atoms with E-state index in [0.717, 1.165) is 36.1 Å². The van der Waals surface area contributed by atoms with Crippen molar-refractivity contribution in [2.45, 2.75) is 26.4 Å². The molecule has 0 saturated carbocycles. The molecule has 0 radical (unpaired) electrons. The smallest absolute Gasteiger partial charge is 0.280 e. The number of nitro groups is 2. The minimum Gasteiger partial charge on any atom is -0.294 e. The van der Waals surface area contributed by atoms with Crippen LogP contribution in [-0.4, -0.2) is 31.3 Å². The van der Waals surface area contributed by atoms with Crippen LogP contribution in [-0.2, 0) is 19.5 Å². The molecule has 1 aliphatic heterocycles. The largest absolute Gasteiger partial charge is 0.294 e. The first-order valence-corrected chi connectivity index (χ1v) is 7.39. The summed E-state index contributed by atoms with van der Waals surface area (Å²) < 4.78 is 0. The zero-order valence-corrected chi connectivity index (χ0v) is 13.0. The van der Waals surface area contributed by atoms with Crippen molar-refractivity contribution in [1.82, 2.24) is 14.9 Å². The highest BCUT2D eigenvalue weighted by molar-refractivity contribution is 5.49. The lowest BCUT2D eigenvalue weighted by atomic mass is 10.1. The van der Waals surface area contributed by atoms with Crippen LogP contribution in [0.15, 0.2) is 24.4 Å². The standard InChI is InChI=1S/C15H15N5O4/c1-10-16-7-12-9-18(5-4-14(12)17-10)8-11-2-3-13(19(21)22)6-15(11)20(23)24/h2-3,6-7H,4-5,8-9H2,1H3. The van der Waals surface area contributed by atoms with E-state index >= 15 is 0 Å². The topological polar surface area (TPSA) is 115 Å². The van der Waals surface area contributed by atoms with E-state index in [-0.39, 0.29) is 11.4 Å². The molecule has 0 saturated heterocycles. The maximum absolute atomic E-state index is 11.2. The Labute approximate surface area is 137 Å². The van der Waals surface area contributed by atoms with Gasteiger partial charge in [0.2, 0.25) is 0 Å². The first kappa shape index (κ1) is 15.9. The zero-order valence-electron chi connectivity index (χ0n) is 13.0. The molecule has 0 unspecified atom stereocenters. The lowest BCUT2D eigenvalue weighted by Crippen LogP contribution is -2.31. The summed E-state index contributed by atoms with van der Waals surface area (Å²) in [4.78, 5) is 31.5. The van der Waals surface area contributed by atoms with Gasteiger partial charge in [0.05, 0.1) is 15.9 Å². The maximum Gasteiger partial charge on any atom is 0.280 e. The van der Waals surface area contributed by atoms with Gasteiger partial charge in [-0.3, -0.25) is 25.1 Å². The molecule has 0 amide bonds. The van der Waals surface area contributed by atoms with E-state index in [9.17, 15) is 20.2 Å². The molecule has 1 aromatic carbocycles. The van der Waals surface area contributed by atoms with E-state index in [4.69, 9.17) is 0 Å². The second-order valence-corrected chi connectivity index (χ2v) is 5.68. The van der Waals surface area contributed by atoms with Crippen LogP contribution in [0.4, 0.5) is 11.4 Å². The second kappa shape index (κ2) is 6.28. The number of nitro benzene ring substituents is 2. The normalized spacial score (nSPS) is 14.2. The molecule has 0 aliphatic carbocycles. The molecule has 0 bridgehead atoms. The van der Waals surface area contributed by atoms with Gasteiger partial charge < -0.3 is 0 Å². The van der Waals surface area contributed by atoms with Crippen molar-refractivity contribution in [2.75, 3.05) is 6.54 Å². The van der Waals surface area contributed by atoms with Crippen molar-refractivity contribution in [2.24, 2.45) is 0 Å². The van der Waals surface area contributed by atoms with Gasteiger partial charge in [-0.1, -0.05) is 0 Å². The van der Waals surface area contributed by atoms with E-state index in [1.54, 1.807) is 6.20 Å². The molecule has 0 fully saturated rings. The van der Waals surface area contributed by atoms with Crippen LogP contribution in [0.25, 0.3) is 0 Å². The molecule has 0 spiro atoms. The molecule has 124 valence electrons. The van der Waals surface area contributed by atoms with Gasteiger partial charge >= 0.3 is 0 Å². The van der Waals surface area contributed by atoms with Gasteiger partial charge in [0, 0.05) is 55.1 Å². The average molecular weight is 329 g/mol. The van der Waals surface area contributed by atoms with Gasteiger partial charge in [-0.2, -0.15) is 0 Å². The van der Waals surface area contributed by atoms with Crippen molar-refractivity contribution in [1.29, 1.82) is 0 Å². The third-order valence-corrected chi connectivity index (χ3v) is 4.00. The Bertz CT molecular complexity index is 824. The molecule has 3 rings (SSSR count). The van der Waals surface area contributed by atoms with E-state index in [0.29, 0.717) is 18.7 Å². The zero-order chi connectivity index (χ0) is 17.3. The van der Waals surface area contributed by atoms with Crippen molar-refractivity contribution >= 4 is 11.4 Å². The highest BCUT2D eigenvalue weighted by Gasteiger charge is 2.23. The van der Waals surface area contributed by atoms with Crippen LogP contribution in [0.3, 0.4) is 0 Å². The Morgan fingerprint density at radius 1 is 1.25 bits per heavy atom. The Morgan fingerprint density at radius 3 is 2.75 bits per heavy atom. The van der Waals surface area contributed by atoms with Crippen molar-refractivity contribution in [3.8, 4) is 0 Å². The number of non-ortho nitro benzene ring substituents is 1. The van der Waals surface area contributed by atoms with Gasteiger partial charge in [0.1, 0.15) is 5.82 Å². The molecule has 2 heterocycles. The molecule has 1 aliphatic rings. The first-order chi connectivity index (χ1) is 11.4. The molecule has 0 N–H and O–H groups in total. The number of benzene rings is 1. The number of aromatic nitrogens is 2. The van der Waals surface area contributed by atoms with Gasteiger partial charge in [-0.05, 0) is 13.0 Å². The number of nitrogens with zero attached hydrogens (tertiary/aromatic N) is 5. The Morgan fingerprint density at radius 2 is 2.04 bits per heavy atom. The molecule has 24 heavy (non-hydrogen) atoms. The molecular weight excluding hydrogens is 314 g/mol. The van der Waals surface area contributed by atoms with Gasteiger partial charge in [-0.15, -0.1) is 0 Å². The summed E-state index contributed by atoms with van der Waals surface area (Å²) in [7, 11) is 0. The quantitative estimate of drug-likeness (QED) is 0.623. The summed E-state index contributed by atoms with van der Waals surface area (Å²) in [5, 5.41) is 22.0. The predicted molar refractivity (Wildman–Crippen MR) is 84.3 cm³/mol. The molecule has 9 heteroatoms. The van der Waals surface area contributed by atoms with Crippen LogP contribution in [0.5, 0.6) is 0 Å². The third-order valence-electron chi connectivity index (χ3n) is 4.00. The van der Waals surface area contributed by atoms with E-state index in [2.05, 4.69) is 14.9 Å². The highest BCUT2D eigenvalue weighted by atomic mass is 16.6. The minimum atomic E-state index is -0.631. The third kappa shape index (κ3) is 3.20. The molecule has 9 nitrogen and oxygen atoms in total. The predicted octanol–water partition coefficient (Wildman–Crippen LogP) is 2.16. The average Bonchev–Trinajstić information content (AvgIpc) is 2.55. The summed E-state index contributed by atoms with van der Waals surface area (Å²) in [5.41, 5.74) is 1.98. The monoisotopic (exact) mass is 329 g/mol. The van der Waals surface area contributed by atoms with E-state index in [1.165, 1.54) is 12.1 Å². The fraction of sp³-hybridized carbons (Fsp3) is 0.333. The summed E-state index contributed by atoms with van der Waals surface area (Å²) in [5.74, 6) is 0.730. The highest BCUT2D eigenvalue weighted by Crippen LogP contribution is 2.27. The molecular formula is C15H15N5O4. The fourth-order valence-electron chi connectivity index (χ4n) is 2.82. The van der Waals surface area contributed by atoms with Crippen molar-refractivity contribution < 1.29 is 9.85 Å². The van der Waals surface area contributed by atoms with Crippen molar-refractivity contribution in [3.05, 3.63) is 67.3 Å². The molecule has 2 aromatic rings. The van der Waals surface area contributed by atoms with Gasteiger partial charge in [0.25, 0.3) is 11.4 Å². The molecule has 1 aromatic heterocycles. The molecule has 0 atom stereocenters. The summed E-state index contributed by atoms with van der Waals surface area (Å²) in [6.07, 6.45) is 2.54. The Balaban J connectivity index is 1.83. The van der Waals surface area contributed by atoms with Gasteiger partial charge in [0.15, 0.2) is 0 Å². The number of fused-ring (bicyclic) bond motifs is 1. The minimum absolute atomic E-state index is 0.227. The van der Waals surface area contributed by atoms with E-state index in [1.807, 2.05) is 6.92 Å². The van der Waals surface area contributed by atoms with Crippen molar-refractivity contribution in [3.63, 3.8) is 0 Å². The van der Waals surface area contributed by atoms with E-state index < -0.39 is 9.85 Å². The maximum atomic E-state index is 11.2. The number of rotatable bonds is 4. The SMILES string of the molecule is Cc1ncc2c(n1)CCN(Cc1ccc([N+](=O)[O-])cc1[N+](=O)[O-])C2. The summed E-state index contributed by atoms with van der Waals surface area (Å²) >= 11 is 0. The van der Waals surface area contributed by atoms with Crippen LogP contribution in [0.1, 0.15) is 22.6 Å². The first-order valence-electron chi connectivity index (χ1n) is 7.39. The van der Waals surface area contributed by atoms with Crippen LogP contribution in [0, 0.1) is 27.2 Å². The Hall–Kier alpha value is -2.94. The summed E-state index contributed by atoms with van der Waals surface area (Å²) in [6, 6.07) is 3.77. The number of aryl methyl sites for hydroxylation is 1. The summed E-state index contributed by atoms with van der Waals surface area (Å²) in [6.45, 7) is 3.51. The lowest BCUT2D eigenvalue weighted by molar-refractivity contribution is -0.394. The van der Waals surface area contributed by atoms with Crippen LogP contribution in [0.2, 0.25) is 0 Å².